The highest BCUT2D eigenvalue weighted by atomic mass is 16.5. The van der Waals surface area contributed by atoms with E-state index in [2.05, 4.69) is 13.5 Å². The van der Waals surface area contributed by atoms with Crippen molar-refractivity contribution in [3.63, 3.8) is 0 Å². The predicted octanol–water partition coefficient (Wildman–Crippen LogP) is 3.93. The summed E-state index contributed by atoms with van der Waals surface area (Å²) in [6.45, 7) is 13.8. The molecule has 102 valence electrons. The molecule has 0 aromatic rings. The van der Waals surface area contributed by atoms with Gasteiger partial charge in [-0.15, -0.1) is 6.58 Å². The van der Waals surface area contributed by atoms with Gasteiger partial charge >= 0.3 is 0 Å². The van der Waals surface area contributed by atoms with Crippen molar-refractivity contribution in [2.45, 2.75) is 78.1 Å². The van der Waals surface area contributed by atoms with E-state index in [-0.39, 0.29) is 18.1 Å². The molecule has 0 bridgehead atoms. The number of hydrogen-bond donors (Lipinski definition) is 1. The maximum atomic E-state index is 10.2. The zero-order chi connectivity index (χ0) is 13.5. The molecule has 0 saturated carbocycles. The minimum Gasteiger partial charge on any atom is -0.386 e. The maximum Gasteiger partial charge on any atom is 0.0847 e. The minimum absolute atomic E-state index is 0.0688. The summed E-state index contributed by atoms with van der Waals surface area (Å²) in [6, 6.07) is 0. The molecule has 0 aliphatic carbocycles. The predicted molar refractivity (Wildman–Crippen MR) is 74.1 cm³/mol. The monoisotopic (exact) mass is 242 g/mol. The van der Waals surface area contributed by atoms with Crippen LogP contribution in [0.4, 0.5) is 0 Å². The summed E-state index contributed by atoms with van der Waals surface area (Å²) >= 11 is 0. The van der Waals surface area contributed by atoms with E-state index in [1.54, 1.807) is 13.0 Å². The van der Waals surface area contributed by atoms with Gasteiger partial charge < -0.3 is 9.84 Å². The fourth-order valence-corrected chi connectivity index (χ4v) is 1.94. The van der Waals surface area contributed by atoms with Crippen LogP contribution in [0, 0.1) is 5.92 Å². The van der Waals surface area contributed by atoms with Crippen molar-refractivity contribution in [3.8, 4) is 0 Å². The molecule has 2 nitrogen and oxygen atoms in total. The zero-order valence-electron chi connectivity index (χ0n) is 12.2. The van der Waals surface area contributed by atoms with E-state index in [1.807, 2.05) is 20.8 Å². The largest absolute Gasteiger partial charge is 0.386 e. The lowest BCUT2D eigenvalue weighted by Crippen LogP contribution is -2.40. The van der Waals surface area contributed by atoms with Crippen LogP contribution in [0.25, 0.3) is 0 Å². The first-order chi connectivity index (χ1) is 7.85. The molecule has 0 spiro atoms. The van der Waals surface area contributed by atoms with Crippen LogP contribution in [-0.2, 0) is 4.74 Å². The molecular weight excluding hydrogens is 212 g/mol. The Morgan fingerprint density at radius 3 is 2.29 bits per heavy atom. The van der Waals surface area contributed by atoms with Crippen molar-refractivity contribution in [3.05, 3.63) is 12.7 Å². The maximum absolute atomic E-state index is 10.2. The third-order valence-corrected chi connectivity index (χ3v) is 3.43. The Kier molecular flexibility index (Phi) is 7.73. The van der Waals surface area contributed by atoms with Crippen molar-refractivity contribution in [2.24, 2.45) is 5.92 Å². The van der Waals surface area contributed by atoms with Crippen molar-refractivity contribution >= 4 is 0 Å². The highest BCUT2D eigenvalue weighted by molar-refractivity contribution is 4.98. The molecule has 3 atom stereocenters. The van der Waals surface area contributed by atoms with E-state index in [1.165, 1.54) is 12.8 Å². The van der Waals surface area contributed by atoms with E-state index in [4.69, 9.17) is 4.74 Å². The van der Waals surface area contributed by atoms with Crippen LogP contribution in [0.5, 0.6) is 0 Å². The first-order valence-electron chi connectivity index (χ1n) is 6.86. The summed E-state index contributed by atoms with van der Waals surface area (Å²) in [5.74, 6) is 0.0688. The minimum atomic E-state index is -0.855. The van der Waals surface area contributed by atoms with Gasteiger partial charge in [0, 0.05) is 5.92 Å². The Morgan fingerprint density at radius 2 is 1.88 bits per heavy atom. The molecule has 0 radical (unpaired) electrons. The zero-order valence-corrected chi connectivity index (χ0v) is 12.2. The summed E-state index contributed by atoms with van der Waals surface area (Å²) in [7, 11) is 0. The fraction of sp³-hybridized carbons (Fsp3) is 0.867. The van der Waals surface area contributed by atoms with Crippen LogP contribution in [0.1, 0.15) is 60.3 Å². The molecule has 0 aromatic carbocycles. The lowest BCUT2D eigenvalue weighted by molar-refractivity contribution is -0.0806. The van der Waals surface area contributed by atoms with Crippen LogP contribution >= 0.6 is 0 Å². The van der Waals surface area contributed by atoms with E-state index in [0.717, 1.165) is 12.8 Å². The van der Waals surface area contributed by atoms with E-state index >= 15 is 0 Å². The molecule has 0 heterocycles. The van der Waals surface area contributed by atoms with Gasteiger partial charge in [0.25, 0.3) is 0 Å². The summed E-state index contributed by atoms with van der Waals surface area (Å²) < 4.78 is 5.94. The Bertz CT molecular complexity index is 209. The number of aliphatic hydroxyl groups is 1. The lowest BCUT2D eigenvalue weighted by Gasteiger charge is -2.34. The Labute approximate surface area is 107 Å². The van der Waals surface area contributed by atoms with Crippen LogP contribution in [-0.4, -0.2) is 22.9 Å². The third-order valence-electron chi connectivity index (χ3n) is 3.43. The molecule has 1 unspecified atom stereocenters. The molecule has 0 aromatic heterocycles. The van der Waals surface area contributed by atoms with Gasteiger partial charge in [-0.3, -0.25) is 0 Å². The summed E-state index contributed by atoms with van der Waals surface area (Å²) in [6.07, 6.45) is 6.53. The number of rotatable bonds is 9. The van der Waals surface area contributed by atoms with Gasteiger partial charge in [0.2, 0.25) is 0 Å². The molecule has 1 N–H and O–H groups in total. The Hall–Kier alpha value is -0.340. The van der Waals surface area contributed by atoms with E-state index in [0.29, 0.717) is 0 Å². The van der Waals surface area contributed by atoms with Crippen LogP contribution in [0.3, 0.4) is 0 Å². The average Bonchev–Trinajstić information content (AvgIpc) is 2.26. The highest BCUT2D eigenvalue weighted by Crippen LogP contribution is 2.27. The fourth-order valence-electron chi connectivity index (χ4n) is 1.94. The molecule has 0 aliphatic rings. The average molecular weight is 242 g/mol. The second-order valence-electron chi connectivity index (χ2n) is 5.44. The highest BCUT2D eigenvalue weighted by Gasteiger charge is 2.32. The van der Waals surface area contributed by atoms with Gasteiger partial charge in [-0.25, -0.2) is 0 Å². The molecule has 0 aliphatic heterocycles. The molecule has 0 rings (SSSR count). The second kappa shape index (κ2) is 7.88. The standard InChI is InChI=1S/C15H30O2/c1-7-9-10-11-14(17-12(3)4)13(5)15(6,16)8-2/h8,12-14,16H,2,7,9-11H2,1,3-6H3/t13-,14+,15?/m1/s1. The van der Waals surface area contributed by atoms with Crippen molar-refractivity contribution in [1.82, 2.24) is 0 Å². The molecule has 17 heavy (non-hydrogen) atoms. The number of hydrogen-bond acceptors (Lipinski definition) is 2. The SMILES string of the molecule is C=CC(C)(O)[C@H](C)[C@H](CCCCC)OC(C)C. The number of unbranched alkanes of at least 4 members (excludes halogenated alkanes) is 2. The first-order valence-corrected chi connectivity index (χ1v) is 6.86. The second-order valence-corrected chi connectivity index (χ2v) is 5.44. The van der Waals surface area contributed by atoms with E-state index in [9.17, 15) is 5.11 Å². The third kappa shape index (κ3) is 6.23. The molecule has 2 heteroatoms. The Morgan fingerprint density at radius 1 is 1.29 bits per heavy atom. The molecule has 0 amide bonds. The molecule has 0 saturated heterocycles. The van der Waals surface area contributed by atoms with Gasteiger partial charge in [0.05, 0.1) is 17.8 Å². The smallest absolute Gasteiger partial charge is 0.0847 e. The number of ether oxygens (including phenoxy) is 1. The van der Waals surface area contributed by atoms with Gasteiger partial charge in [-0.1, -0.05) is 39.2 Å². The first kappa shape index (κ1) is 16.7. The summed E-state index contributed by atoms with van der Waals surface area (Å²) in [4.78, 5) is 0. The lowest BCUT2D eigenvalue weighted by atomic mass is 9.84. The van der Waals surface area contributed by atoms with Gasteiger partial charge in [-0.05, 0) is 27.2 Å². The van der Waals surface area contributed by atoms with E-state index < -0.39 is 5.60 Å². The van der Waals surface area contributed by atoms with Crippen molar-refractivity contribution < 1.29 is 9.84 Å². The normalized spacial score (nSPS) is 18.8. The van der Waals surface area contributed by atoms with Gasteiger partial charge in [0.15, 0.2) is 0 Å². The summed E-state index contributed by atoms with van der Waals surface area (Å²) in [5, 5.41) is 10.2. The quantitative estimate of drug-likeness (QED) is 0.490. The van der Waals surface area contributed by atoms with Crippen LogP contribution in [0.15, 0.2) is 12.7 Å². The van der Waals surface area contributed by atoms with Crippen LogP contribution in [0.2, 0.25) is 0 Å². The summed E-state index contributed by atoms with van der Waals surface area (Å²) in [5.41, 5.74) is -0.855. The van der Waals surface area contributed by atoms with Crippen molar-refractivity contribution in [1.29, 1.82) is 0 Å². The van der Waals surface area contributed by atoms with Crippen LogP contribution < -0.4 is 0 Å². The molecular formula is C15H30O2. The molecule has 0 fully saturated rings. The topological polar surface area (TPSA) is 29.5 Å². The Balaban J connectivity index is 4.49. The van der Waals surface area contributed by atoms with Gasteiger partial charge in [0.1, 0.15) is 0 Å². The van der Waals surface area contributed by atoms with Gasteiger partial charge in [-0.2, -0.15) is 0 Å². The van der Waals surface area contributed by atoms with Crippen molar-refractivity contribution in [2.75, 3.05) is 0 Å².